The van der Waals surface area contributed by atoms with Crippen molar-refractivity contribution in [2.45, 2.75) is 39.9 Å². The van der Waals surface area contributed by atoms with Gasteiger partial charge < -0.3 is 9.88 Å². The quantitative estimate of drug-likeness (QED) is 0.847. The third-order valence-electron chi connectivity index (χ3n) is 2.78. The minimum atomic E-state index is 0.408. The van der Waals surface area contributed by atoms with Crippen LogP contribution in [-0.2, 0) is 13.1 Å². The predicted octanol–water partition coefficient (Wildman–Crippen LogP) is 1.82. The molecule has 0 atom stereocenters. The smallest absolute Gasteiger partial charge is 0.0953 e. The van der Waals surface area contributed by atoms with E-state index < -0.39 is 0 Å². The molecule has 0 aromatic carbocycles. The standard InChI is InChI=1S/C13H21N5/c1-4-14-7-13-9-17(10-15-13)8-12-5-6-18(16-12)11(2)3/h5-6,9-11,14H,4,7-8H2,1-3H3. The summed E-state index contributed by atoms with van der Waals surface area (Å²) in [5.74, 6) is 0. The fourth-order valence-corrected chi connectivity index (χ4v) is 1.77. The first-order valence-corrected chi connectivity index (χ1v) is 6.44. The fraction of sp³-hybridized carbons (Fsp3) is 0.538. The van der Waals surface area contributed by atoms with Crippen molar-refractivity contribution in [1.29, 1.82) is 0 Å². The lowest BCUT2D eigenvalue weighted by molar-refractivity contribution is 0.523. The second-order valence-electron chi connectivity index (χ2n) is 4.70. The summed E-state index contributed by atoms with van der Waals surface area (Å²) in [7, 11) is 0. The topological polar surface area (TPSA) is 47.7 Å². The zero-order chi connectivity index (χ0) is 13.0. The van der Waals surface area contributed by atoms with E-state index in [1.807, 2.05) is 17.2 Å². The zero-order valence-electron chi connectivity index (χ0n) is 11.3. The van der Waals surface area contributed by atoms with Crippen molar-refractivity contribution < 1.29 is 0 Å². The fourth-order valence-electron chi connectivity index (χ4n) is 1.77. The van der Waals surface area contributed by atoms with Crippen LogP contribution in [-0.4, -0.2) is 25.9 Å². The summed E-state index contributed by atoms with van der Waals surface area (Å²) < 4.78 is 4.05. The van der Waals surface area contributed by atoms with E-state index in [9.17, 15) is 0 Å². The third kappa shape index (κ3) is 3.20. The molecule has 0 bridgehead atoms. The number of nitrogens with one attached hydrogen (secondary N) is 1. The van der Waals surface area contributed by atoms with Crippen molar-refractivity contribution in [3.63, 3.8) is 0 Å². The first-order valence-electron chi connectivity index (χ1n) is 6.44. The average molecular weight is 247 g/mol. The Hall–Kier alpha value is -1.62. The highest BCUT2D eigenvalue weighted by Crippen LogP contribution is 2.06. The first-order chi connectivity index (χ1) is 8.69. The SMILES string of the molecule is CCNCc1cn(Cc2ccn(C(C)C)n2)cn1. The van der Waals surface area contributed by atoms with Gasteiger partial charge in [0.05, 0.1) is 24.3 Å². The Labute approximate surface area is 108 Å². The Kier molecular flexibility index (Phi) is 4.15. The Morgan fingerprint density at radius 3 is 2.83 bits per heavy atom. The molecule has 98 valence electrons. The molecule has 0 spiro atoms. The molecule has 0 unspecified atom stereocenters. The molecule has 5 heteroatoms. The van der Waals surface area contributed by atoms with Gasteiger partial charge in [-0.25, -0.2) is 4.98 Å². The Bertz CT molecular complexity index is 483. The summed E-state index contributed by atoms with van der Waals surface area (Å²) in [6, 6.07) is 2.47. The van der Waals surface area contributed by atoms with E-state index in [0.717, 1.165) is 31.0 Å². The van der Waals surface area contributed by atoms with Gasteiger partial charge in [-0.15, -0.1) is 0 Å². The molecule has 2 heterocycles. The molecule has 2 rings (SSSR count). The Morgan fingerprint density at radius 1 is 1.33 bits per heavy atom. The van der Waals surface area contributed by atoms with Crippen molar-refractivity contribution in [2.75, 3.05) is 6.54 Å². The van der Waals surface area contributed by atoms with Gasteiger partial charge in [-0.3, -0.25) is 4.68 Å². The van der Waals surface area contributed by atoms with Gasteiger partial charge in [0.1, 0.15) is 0 Å². The van der Waals surface area contributed by atoms with Gasteiger partial charge in [-0.1, -0.05) is 6.92 Å². The highest BCUT2D eigenvalue weighted by atomic mass is 15.3. The van der Waals surface area contributed by atoms with Gasteiger partial charge in [-0.05, 0) is 26.5 Å². The van der Waals surface area contributed by atoms with E-state index in [2.05, 4.69) is 53.0 Å². The molecular weight excluding hydrogens is 226 g/mol. The third-order valence-corrected chi connectivity index (χ3v) is 2.78. The molecule has 0 aliphatic heterocycles. The Morgan fingerprint density at radius 2 is 2.17 bits per heavy atom. The second-order valence-corrected chi connectivity index (χ2v) is 4.70. The summed E-state index contributed by atoms with van der Waals surface area (Å²) in [6.07, 6.45) is 5.95. The highest BCUT2D eigenvalue weighted by molar-refractivity contribution is 5.03. The number of nitrogens with zero attached hydrogens (tertiary/aromatic N) is 4. The van der Waals surface area contributed by atoms with Gasteiger partial charge in [0, 0.05) is 25.0 Å². The molecule has 5 nitrogen and oxygen atoms in total. The van der Waals surface area contributed by atoms with Crippen molar-refractivity contribution >= 4 is 0 Å². The molecule has 18 heavy (non-hydrogen) atoms. The molecule has 0 fully saturated rings. The largest absolute Gasteiger partial charge is 0.331 e. The van der Waals surface area contributed by atoms with Crippen LogP contribution in [0.1, 0.15) is 38.2 Å². The molecule has 0 amide bonds. The summed E-state index contributed by atoms with van der Waals surface area (Å²) >= 11 is 0. The van der Waals surface area contributed by atoms with Gasteiger partial charge in [0.15, 0.2) is 0 Å². The molecule has 2 aromatic rings. The minimum Gasteiger partial charge on any atom is -0.331 e. The molecular formula is C13H21N5. The lowest BCUT2D eigenvalue weighted by Gasteiger charge is -2.04. The molecule has 1 N–H and O–H groups in total. The van der Waals surface area contributed by atoms with Crippen molar-refractivity contribution in [1.82, 2.24) is 24.6 Å². The minimum absolute atomic E-state index is 0.408. The lowest BCUT2D eigenvalue weighted by atomic mass is 10.4. The van der Waals surface area contributed by atoms with Crippen LogP contribution in [0.3, 0.4) is 0 Å². The van der Waals surface area contributed by atoms with Crippen LogP contribution in [0.15, 0.2) is 24.8 Å². The molecule has 0 saturated heterocycles. The van der Waals surface area contributed by atoms with E-state index in [4.69, 9.17) is 0 Å². The zero-order valence-corrected chi connectivity index (χ0v) is 11.3. The summed E-state index contributed by atoms with van der Waals surface area (Å²) in [4.78, 5) is 4.36. The van der Waals surface area contributed by atoms with Gasteiger partial charge >= 0.3 is 0 Å². The molecule has 0 saturated carbocycles. The van der Waals surface area contributed by atoms with E-state index in [1.54, 1.807) is 0 Å². The van der Waals surface area contributed by atoms with Crippen LogP contribution in [0.4, 0.5) is 0 Å². The van der Waals surface area contributed by atoms with Crippen LogP contribution in [0.25, 0.3) is 0 Å². The highest BCUT2D eigenvalue weighted by Gasteiger charge is 2.04. The van der Waals surface area contributed by atoms with Crippen molar-refractivity contribution in [3.8, 4) is 0 Å². The lowest BCUT2D eigenvalue weighted by Crippen LogP contribution is -2.11. The van der Waals surface area contributed by atoms with Crippen LogP contribution in [0.5, 0.6) is 0 Å². The van der Waals surface area contributed by atoms with Crippen molar-refractivity contribution in [2.24, 2.45) is 0 Å². The first kappa shape index (κ1) is 12.8. The summed E-state index contributed by atoms with van der Waals surface area (Å²) in [5.41, 5.74) is 2.14. The number of aromatic nitrogens is 4. The number of rotatable bonds is 6. The molecule has 0 radical (unpaired) electrons. The summed E-state index contributed by atoms with van der Waals surface area (Å²) in [6.45, 7) is 8.91. The van der Waals surface area contributed by atoms with Gasteiger partial charge in [-0.2, -0.15) is 5.10 Å². The maximum Gasteiger partial charge on any atom is 0.0953 e. The van der Waals surface area contributed by atoms with Crippen LogP contribution < -0.4 is 5.32 Å². The molecule has 0 aliphatic rings. The van der Waals surface area contributed by atoms with Crippen molar-refractivity contribution in [3.05, 3.63) is 36.2 Å². The normalized spacial score (nSPS) is 11.3. The van der Waals surface area contributed by atoms with Gasteiger partial charge in [0.2, 0.25) is 0 Å². The average Bonchev–Trinajstić information content (AvgIpc) is 2.96. The van der Waals surface area contributed by atoms with E-state index >= 15 is 0 Å². The maximum absolute atomic E-state index is 4.53. The number of hydrogen-bond acceptors (Lipinski definition) is 3. The number of imidazole rings is 1. The van der Waals surface area contributed by atoms with Crippen LogP contribution in [0, 0.1) is 0 Å². The Balaban J connectivity index is 1.97. The number of hydrogen-bond donors (Lipinski definition) is 1. The summed E-state index contributed by atoms with van der Waals surface area (Å²) in [5, 5.41) is 7.79. The molecule has 2 aromatic heterocycles. The van der Waals surface area contributed by atoms with E-state index in [0.29, 0.717) is 6.04 Å². The molecule has 0 aliphatic carbocycles. The van der Waals surface area contributed by atoms with E-state index in [1.165, 1.54) is 0 Å². The van der Waals surface area contributed by atoms with Gasteiger partial charge in [0.25, 0.3) is 0 Å². The van der Waals surface area contributed by atoms with E-state index in [-0.39, 0.29) is 0 Å². The second kappa shape index (κ2) is 5.82. The monoisotopic (exact) mass is 247 g/mol. The van der Waals surface area contributed by atoms with Crippen LogP contribution >= 0.6 is 0 Å². The maximum atomic E-state index is 4.53. The predicted molar refractivity (Wildman–Crippen MR) is 71.3 cm³/mol. The van der Waals surface area contributed by atoms with Crippen LogP contribution in [0.2, 0.25) is 0 Å².